The van der Waals surface area contributed by atoms with E-state index < -0.39 is 0 Å². The molecule has 2 rings (SSSR count). The second-order valence-electron chi connectivity index (χ2n) is 5.51. The third-order valence-corrected chi connectivity index (χ3v) is 4.08. The van der Waals surface area contributed by atoms with E-state index in [0.29, 0.717) is 22.2 Å². The molecular weight excluding hydrogens is 344 g/mol. The Morgan fingerprint density at radius 1 is 1.32 bits per heavy atom. The molecule has 0 saturated carbocycles. The second-order valence-corrected chi connectivity index (χ2v) is 5.92. The summed E-state index contributed by atoms with van der Waals surface area (Å²) in [5.74, 6) is 0.586. The molecule has 25 heavy (non-hydrogen) atoms. The number of benzene rings is 1. The fourth-order valence-electron chi connectivity index (χ4n) is 2.46. The van der Waals surface area contributed by atoms with Crippen LogP contribution in [0.5, 0.6) is 17.2 Å². The molecule has 4 N–H and O–H groups in total. The van der Waals surface area contributed by atoms with E-state index in [4.69, 9.17) is 26.4 Å². The van der Waals surface area contributed by atoms with E-state index in [1.807, 2.05) is 0 Å². The van der Waals surface area contributed by atoms with E-state index >= 15 is 0 Å². The Hall–Kier alpha value is -2.10. The van der Waals surface area contributed by atoms with Crippen molar-refractivity contribution >= 4 is 23.5 Å². The summed E-state index contributed by atoms with van der Waals surface area (Å²) < 4.78 is 15.5. The van der Waals surface area contributed by atoms with Crippen LogP contribution in [0.2, 0.25) is 0 Å². The van der Waals surface area contributed by atoms with Gasteiger partial charge in [-0.25, -0.2) is 0 Å². The van der Waals surface area contributed by atoms with E-state index in [9.17, 15) is 5.11 Å². The number of hydrogen-bond donors (Lipinski definition) is 4. The quantitative estimate of drug-likeness (QED) is 0.282. The molecule has 1 aromatic carbocycles. The molecule has 138 valence electrons. The molecule has 1 aliphatic rings. The first kappa shape index (κ1) is 19.2. The lowest BCUT2D eigenvalue weighted by molar-refractivity contribution is -0.906. The van der Waals surface area contributed by atoms with Crippen LogP contribution in [-0.2, 0) is 4.74 Å². The molecular formula is C16H25N4O4S+. The number of phenolic OH excluding ortho intramolecular Hbond substituents is 1. The first-order chi connectivity index (χ1) is 12.1. The minimum atomic E-state index is -0.0436. The number of methoxy groups -OCH3 is 2. The van der Waals surface area contributed by atoms with Gasteiger partial charge in [0.05, 0.1) is 46.7 Å². The number of nitrogens with zero attached hydrogens (tertiary/aromatic N) is 1. The van der Waals surface area contributed by atoms with Gasteiger partial charge in [-0.2, -0.15) is 5.10 Å². The molecule has 0 aromatic heterocycles. The lowest BCUT2D eigenvalue weighted by Crippen LogP contribution is -3.14. The number of hydrogen-bond acceptors (Lipinski definition) is 6. The molecule has 9 heteroatoms. The van der Waals surface area contributed by atoms with Crippen molar-refractivity contribution < 1.29 is 24.2 Å². The number of rotatable bonds is 7. The number of thiocarbonyl (C=S) groups is 1. The third-order valence-electron chi connectivity index (χ3n) is 3.85. The fourth-order valence-corrected chi connectivity index (χ4v) is 2.61. The lowest BCUT2D eigenvalue weighted by atomic mass is 10.2. The van der Waals surface area contributed by atoms with E-state index in [1.165, 1.54) is 19.1 Å². The van der Waals surface area contributed by atoms with Gasteiger partial charge in [-0.15, -0.1) is 0 Å². The van der Waals surface area contributed by atoms with Crippen LogP contribution >= 0.6 is 12.2 Å². The molecule has 0 aliphatic carbocycles. The molecule has 1 fully saturated rings. The fraction of sp³-hybridized carbons (Fsp3) is 0.500. The monoisotopic (exact) mass is 369 g/mol. The predicted octanol–water partition coefficient (Wildman–Crippen LogP) is -0.877. The number of quaternary nitrogens is 1. The summed E-state index contributed by atoms with van der Waals surface area (Å²) >= 11 is 5.19. The number of aromatic hydroxyl groups is 1. The summed E-state index contributed by atoms with van der Waals surface area (Å²) in [4.78, 5) is 1.51. The molecule has 0 amide bonds. The highest BCUT2D eigenvalue weighted by Gasteiger charge is 2.13. The number of phenols is 1. The van der Waals surface area contributed by atoms with E-state index in [1.54, 1.807) is 18.3 Å². The Labute approximate surface area is 152 Å². The Bertz CT molecular complexity index is 581. The van der Waals surface area contributed by atoms with Gasteiger partial charge in [0.15, 0.2) is 16.6 Å². The predicted molar refractivity (Wildman–Crippen MR) is 98.9 cm³/mol. The van der Waals surface area contributed by atoms with Gasteiger partial charge in [-0.3, -0.25) is 5.43 Å². The summed E-state index contributed by atoms with van der Waals surface area (Å²) in [6, 6.07) is 3.31. The maximum absolute atomic E-state index is 9.88. The molecule has 8 nitrogen and oxygen atoms in total. The number of ether oxygens (including phenoxy) is 3. The van der Waals surface area contributed by atoms with Gasteiger partial charge in [0, 0.05) is 5.56 Å². The summed E-state index contributed by atoms with van der Waals surface area (Å²) in [5, 5.41) is 17.6. The average molecular weight is 369 g/mol. The first-order valence-electron chi connectivity index (χ1n) is 8.07. The molecule has 0 unspecified atom stereocenters. The SMILES string of the molecule is COc1cc(/C=N/NC(=S)NCC[NH+]2CCOCC2)cc(OC)c1O. The lowest BCUT2D eigenvalue weighted by Gasteiger charge is -2.23. The van der Waals surface area contributed by atoms with Crippen LogP contribution in [0.25, 0.3) is 0 Å². The van der Waals surface area contributed by atoms with Crippen LogP contribution in [0.15, 0.2) is 17.2 Å². The molecule has 0 bridgehead atoms. The second kappa shape index (κ2) is 10.0. The van der Waals surface area contributed by atoms with Gasteiger partial charge in [-0.1, -0.05) is 0 Å². The smallest absolute Gasteiger partial charge is 0.200 e. The summed E-state index contributed by atoms with van der Waals surface area (Å²) in [6.45, 7) is 5.47. The van der Waals surface area contributed by atoms with Crippen molar-refractivity contribution in [2.24, 2.45) is 5.10 Å². The Kier molecular flexibility index (Phi) is 7.71. The Balaban J connectivity index is 1.78. The van der Waals surface area contributed by atoms with Gasteiger partial charge in [0.1, 0.15) is 13.1 Å². The van der Waals surface area contributed by atoms with Crippen molar-refractivity contribution in [3.05, 3.63) is 17.7 Å². The summed E-state index contributed by atoms with van der Waals surface area (Å²) in [5.41, 5.74) is 3.48. The summed E-state index contributed by atoms with van der Waals surface area (Å²) in [6.07, 6.45) is 1.58. The van der Waals surface area contributed by atoms with Gasteiger partial charge in [-0.05, 0) is 24.4 Å². The first-order valence-corrected chi connectivity index (χ1v) is 8.48. The maximum Gasteiger partial charge on any atom is 0.200 e. The van der Waals surface area contributed by atoms with Crippen LogP contribution < -0.4 is 25.1 Å². The normalized spacial score (nSPS) is 15.1. The number of morpholine rings is 1. The largest absolute Gasteiger partial charge is 0.502 e. The highest BCUT2D eigenvalue weighted by Crippen LogP contribution is 2.36. The number of nitrogens with one attached hydrogen (secondary N) is 3. The molecule has 0 radical (unpaired) electrons. The van der Waals surface area contributed by atoms with E-state index in [0.717, 1.165) is 39.4 Å². The topological polar surface area (TPSA) is 88.8 Å². The molecule has 0 atom stereocenters. The zero-order valence-electron chi connectivity index (χ0n) is 14.5. The zero-order valence-corrected chi connectivity index (χ0v) is 15.3. The minimum absolute atomic E-state index is 0.0436. The molecule has 1 saturated heterocycles. The highest BCUT2D eigenvalue weighted by molar-refractivity contribution is 7.80. The van der Waals surface area contributed by atoms with Crippen LogP contribution in [0, 0.1) is 0 Å². The van der Waals surface area contributed by atoms with Crippen LogP contribution in [0.3, 0.4) is 0 Å². The van der Waals surface area contributed by atoms with Gasteiger partial charge < -0.3 is 29.5 Å². The van der Waals surface area contributed by atoms with Crippen molar-refractivity contribution in [1.29, 1.82) is 0 Å². The van der Waals surface area contributed by atoms with Gasteiger partial charge in [0.2, 0.25) is 5.75 Å². The standard InChI is InChI=1S/C16H24N4O4S/c1-22-13-9-12(10-14(23-2)15(13)21)11-18-19-16(25)17-3-4-20-5-7-24-8-6-20/h9-11,21H,3-8H2,1-2H3,(H2,17,19,25)/p+1/b18-11+. The Morgan fingerprint density at radius 3 is 2.56 bits per heavy atom. The van der Waals surface area contributed by atoms with Crippen LogP contribution in [0.4, 0.5) is 0 Å². The van der Waals surface area contributed by atoms with Crippen LogP contribution in [-0.4, -0.2) is 70.0 Å². The van der Waals surface area contributed by atoms with E-state index in [-0.39, 0.29) is 5.75 Å². The van der Waals surface area contributed by atoms with Crippen molar-refractivity contribution in [3.63, 3.8) is 0 Å². The molecule has 1 heterocycles. The highest BCUT2D eigenvalue weighted by atomic mass is 32.1. The van der Waals surface area contributed by atoms with Crippen molar-refractivity contribution in [2.45, 2.75) is 0 Å². The molecule has 1 aromatic rings. The van der Waals surface area contributed by atoms with Crippen molar-refractivity contribution in [1.82, 2.24) is 10.7 Å². The third kappa shape index (κ3) is 6.04. The zero-order chi connectivity index (χ0) is 18.1. The van der Waals surface area contributed by atoms with Crippen molar-refractivity contribution in [3.8, 4) is 17.2 Å². The minimum Gasteiger partial charge on any atom is -0.502 e. The van der Waals surface area contributed by atoms with Gasteiger partial charge >= 0.3 is 0 Å². The molecule has 0 spiro atoms. The molecule has 1 aliphatic heterocycles. The van der Waals surface area contributed by atoms with Gasteiger partial charge in [0.25, 0.3) is 0 Å². The summed E-state index contributed by atoms with van der Waals surface area (Å²) in [7, 11) is 2.95. The Morgan fingerprint density at radius 2 is 1.96 bits per heavy atom. The average Bonchev–Trinajstić information content (AvgIpc) is 2.63. The van der Waals surface area contributed by atoms with Crippen molar-refractivity contribution in [2.75, 3.05) is 53.6 Å². The van der Waals surface area contributed by atoms with Crippen LogP contribution in [0.1, 0.15) is 5.56 Å². The maximum atomic E-state index is 9.88. The number of hydrazone groups is 1. The van der Waals surface area contributed by atoms with E-state index in [2.05, 4.69) is 15.8 Å².